The summed E-state index contributed by atoms with van der Waals surface area (Å²) in [5, 5.41) is 9.25. The van der Waals surface area contributed by atoms with Gasteiger partial charge in [0.25, 0.3) is 5.89 Å². The van der Waals surface area contributed by atoms with Gasteiger partial charge in [-0.25, -0.2) is 4.98 Å². The molecule has 0 radical (unpaired) electrons. The lowest BCUT2D eigenvalue weighted by Crippen LogP contribution is -2.41. The first-order chi connectivity index (χ1) is 17.2. The van der Waals surface area contributed by atoms with Crippen LogP contribution in [0.5, 0.6) is 0 Å². The highest BCUT2D eigenvalue weighted by Crippen LogP contribution is 2.50. The van der Waals surface area contributed by atoms with E-state index in [0.29, 0.717) is 24.6 Å². The van der Waals surface area contributed by atoms with Gasteiger partial charge in [-0.3, -0.25) is 9.78 Å². The van der Waals surface area contributed by atoms with E-state index < -0.39 is 6.04 Å². The van der Waals surface area contributed by atoms with E-state index in [1.54, 1.807) is 23.5 Å². The molecule has 0 bridgehead atoms. The molecule has 1 N–H and O–H groups in total. The number of pyridine rings is 1. The smallest absolute Gasteiger partial charge is 0.312 e. The summed E-state index contributed by atoms with van der Waals surface area (Å²) in [6.45, 7) is 2.42. The van der Waals surface area contributed by atoms with E-state index in [1.807, 2.05) is 31.2 Å². The lowest BCUT2D eigenvalue weighted by molar-refractivity contribution is 0.0631. The molecular formula is C26H22N6O3. The van der Waals surface area contributed by atoms with Gasteiger partial charge in [-0.05, 0) is 43.4 Å². The molecule has 9 nitrogen and oxygen atoms in total. The molecule has 0 saturated heterocycles. The predicted molar refractivity (Wildman–Crippen MR) is 126 cm³/mol. The Hall–Kier alpha value is -4.27. The molecule has 1 saturated carbocycles. The van der Waals surface area contributed by atoms with Gasteiger partial charge in [-0.1, -0.05) is 24.3 Å². The molecule has 1 atom stereocenters. The monoisotopic (exact) mass is 466 g/mol. The number of H-pyrrole nitrogens is 1. The van der Waals surface area contributed by atoms with Gasteiger partial charge in [-0.2, -0.15) is 0 Å². The summed E-state index contributed by atoms with van der Waals surface area (Å²) in [5.74, 6) is 0.990. The first-order valence-electron chi connectivity index (χ1n) is 11.8. The molecule has 174 valence electrons. The maximum atomic E-state index is 13.8. The van der Waals surface area contributed by atoms with Crippen LogP contribution in [0.1, 0.15) is 63.8 Å². The van der Waals surface area contributed by atoms with Crippen molar-refractivity contribution in [3.8, 4) is 11.6 Å². The number of carbonyl (C=O) groups excluding carboxylic acids is 1. The Labute approximate surface area is 200 Å². The second-order valence-electron chi connectivity index (χ2n) is 9.20. The molecule has 35 heavy (non-hydrogen) atoms. The number of nitrogens with zero attached hydrogens (tertiary/aromatic N) is 5. The SMILES string of the molecule is Cc1ccc(-c2nnc(C(=O)N3CCc4[nH]cnc4[C@H]3c3oc4ccccc4c3C3CC3)o2)nc1. The molecule has 9 heteroatoms. The summed E-state index contributed by atoms with van der Waals surface area (Å²) >= 11 is 0. The van der Waals surface area contributed by atoms with Crippen LogP contribution in [-0.2, 0) is 6.42 Å². The molecule has 1 aliphatic heterocycles. The number of hydrogen-bond acceptors (Lipinski definition) is 7. The van der Waals surface area contributed by atoms with Crippen LogP contribution >= 0.6 is 0 Å². The van der Waals surface area contributed by atoms with Crippen molar-refractivity contribution in [1.29, 1.82) is 0 Å². The van der Waals surface area contributed by atoms with Crippen LogP contribution in [0.3, 0.4) is 0 Å². The fraction of sp³-hybridized carbons (Fsp3) is 0.269. The third-order valence-electron chi connectivity index (χ3n) is 6.82. The lowest BCUT2D eigenvalue weighted by Gasteiger charge is -2.33. The lowest BCUT2D eigenvalue weighted by atomic mass is 9.95. The van der Waals surface area contributed by atoms with Crippen molar-refractivity contribution >= 4 is 16.9 Å². The van der Waals surface area contributed by atoms with Gasteiger partial charge in [0.1, 0.15) is 23.1 Å². The third-order valence-corrected chi connectivity index (χ3v) is 6.82. The van der Waals surface area contributed by atoms with Crippen molar-refractivity contribution in [2.24, 2.45) is 0 Å². The minimum Gasteiger partial charge on any atom is -0.458 e. The summed E-state index contributed by atoms with van der Waals surface area (Å²) in [7, 11) is 0. The van der Waals surface area contributed by atoms with Crippen LogP contribution in [0.2, 0.25) is 0 Å². The molecule has 1 fully saturated rings. The molecule has 5 heterocycles. The summed E-state index contributed by atoms with van der Waals surface area (Å²) in [6.07, 6.45) is 6.28. The first-order valence-corrected chi connectivity index (χ1v) is 11.8. The van der Waals surface area contributed by atoms with E-state index >= 15 is 0 Å². The van der Waals surface area contributed by atoms with Crippen LogP contribution < -0.4 is 0 Å². The van der Waals surface area contributed by atoms with Gasteiger partial charge in [0.05, 0.1) is 12.0 Å². The molecule has 5 aromatic rings. The van der Waals surface area contributed by atoms with E-state index in [9.17, 15) is 4.79 Å². The van der Waals surface area contributed by atoms with Crippen LogP contribution in [0.25, 0.3) is 22.6 Å². The number of fused-ring (bicyclic) bond motifs is 2. The number of aromatic nitrogens is 5. The van der Waals surface area contributed by atoms with Crippen molar-refractivity contribution in [3.05, 3.63) is 83.1 Å². The second kappa shape index (κ2) is 7.63. The summed E-state index contributed by atoms with van der Waals surface area (Å²) in [6, 6.07) is 11.3. The molecule has 1 aliphatic carbocycles. The quantitative estimate of drug-likeness (QED) is 0.412. The van der Waals surface area contributed by atoms with Gasteiger partial charge in [0, 0.05) is 35.8 Å². The highest BCUT2D eigenvalue weighted by atomic mass is 16.4. The molecule has 7 rings (SSSR count). The Kier molecular flexibility index (Phi) is 4.39. The Bertz CT molecular complexity index is 1560. The first kappa shape index (κ1) is 20.1. The van der Waals surface area contributed by atoms with Crippen molar-refractivity contribution in [2.45, 2.75) is 38.1 Å². The average Bonchev–Trinajstić information content (AvgIpc) is 3.27. The van der Waals surface area contributed by atoms with Gasteiger partial charge in [-0.15, -0.1) is 10.2 Å². The Balaban J connectivity index is 1.32. The number of para-hydroxylation sites is 1. The fourth-order valence-corrected chi connectivity index (χ4v) is 4.97. The zero-order valence-electron chi connectivity index (χ0n) is 19.1. The number of imidazole rings is 1. The van der Waals surface area contributed by atoms with Crippen molar-refractivity contribution in [1.82, 2.24) is 30.0 Å². The normalized spacial score (nSPS) is 17.6. The zero-order valence-corrected chi connectivity index (χ0v) is 19.1. The van der Waals surface area contributed by atoms with Crippen molar-refractivity contribution in [2.75, 3.05) is 6.54 Å². The van der Waals surface area contributed by atoms with Gasteiger partial charge >= 0.3 is 11.8 Å². The molecule has 4 aromatic heterocycles. The van der Waals surface area contributed by atoms with Gasteiger partial charge in [0.15, 0.2) is 0 Å². The summed E-state index contributed by atoms with van der Waals surface area (Å²) in [4.78, 5) is 27.7. The molecule has 1 amide bonds. The average molecular weight is 467 g/mol. The molecule has 0 spiro atoms. The highest BCUT2D eigenvalue weighted by molar-refractivity contribution is 5.91. The van der Waals surface area contributed by atoms with E-state index in [-0.39, 0.29) is 17.7 Å². The van der Waals surface area contributed by atoms with E-state index in [0.717, 1.165) is 46.5 Å². The minimum atomic E-state index is -0.478. The third kappa shape index (κ3) is 3.26. The van der Waals surface area contributed by atoms with Crippen LogP contribution in [0.4, 0.5) is 0 Å². The number of hydrogen-bond donors (Lipinski definition) is 1. The fourth-order valence-electron chi connectivity index (χ4n) is 4.97. The summed E-state index contributed by atoms with van der Waals surface area (Å²) in [5.41, 5.74) is 5.36. The molecule has 2 aliphatic rings. The topological polar surface area (TPSA) is 114 Å². The van der Waals surface area contributed by atoms with E-state index in [2.05, 4.69) is 31.2 Å². The van der Waals surface area contributed by atoms with E-state index in [4.69, 9.17) is 8.83 Å². The van der Waals surface area contributed by atoms with Crippen LogP contribution in [0, 0.1) is 6.92 Å². The maximum absolute atomic E-state index is 13.8. The Morgan fingerprint density at radius 3 is 2.80 bits per heavy atom. The Morgan fingerprint density at radius 2 is 1.97 bits per heavy atom. The molecule has 1 aromatic carbocycles. The number of amides is 1. The van der Waals surface area contributed by atoms with Gasteiger partial charge in [0.2, 0.25) is 0 Å². The Morgan fingerprint density at radius 1 is 1.09 bits per heavy atom. The highest BCUT2D eigenvalue weighted by Gasteiger charge is 2.42. The van der Waals surface area contributed by atoms with Crippen LogP contribution in [0.15, 0.2) is 57.8 Å². The number of furan rings is 1. The minimum absolute atomic E-state index is 0.0737. The largest absolute Gasteiger partial charge is 0.458 e. The standard InChI is InChI=1S/C26H22N6O3/c1-14-6-9-18(27-12-14)24-30-31-25(35-24)26(33)32-11-10-17-21(29-13-28-17)22(32)23-20(15-7-8-15)16-4-2-3-5-19(16)34-23/h2-6,9,12-13,15,22H,7-8,10-11H2,1H3,(H,28,29)/t22-/m0/s1. The molecule has 0 unspecified atom stereocenters. The number of aryl methyl sites for hydroxylation is 1. The number of aromatic amines is 1. The predicted octanol–water partition coefficient (Wildman–Crippen LogP) is 4.57. The number of benzene rings is 1. The van der Waals surface area contributed by atoms with E-state index in [1.165, 1.54) is 5.56 Å². The number of carbonyl (C=O) groups is 1. The van der Waals surface area contributed by atoms with Crippen LogP contribution in [-0.4, -0.2) is 42.5 Å². The number of nitrogens with one attached hydrogen (secondary N) is 1. The second-order valence-corrected chi connectivity index (χ2v) is 9.20. The maximum Gasteiger partial charge on any atom is 0.312 e. The summed E-state index contributed by atoms with van der Waals surface area (Å²) < 4.78 is 12.2. The number of rotatable bonds is 4. The molecular weight excluding hydrogens is 444 g/mol. The van der Waals surface area contributed by atoms with Crippen molar-refractivity contribution < 1.29 is 13.6 Å². The zero-order chi connectivity index (χ0) is 23.5. The van der Waals surface area contributed by atoms with Gasteiger partial charge < -0.3 is 18.7 Å². The van der Waals surface area contributed by atoms with Crippen molar-refractivity contribution in [3.63, 3.8) is 0 Å².